The first kappa shape index (κ1) is 14.0. The molecule has 25 heavy (non-hydrogen) atoms. The molecule has 6 heteroatoms. The molecule has 2 aromatic heterocycles. The third-order valence-corrected chi connectivity index (χ3v) is 4.73. The van der Waals surface area contributed by atoms with Gasteiger partial charge in [-0.1, -0.05) is 24.3 Å². The van der Waals surface area contributed by atoms with Gasteiger partial charge in [-0.3, -0.25) is 14.0 Å². The minimum absolute atomic E-state index is 0.149. The summed E-state index contributed by atoms with van der Waals surface area (Å²) in [5.74, 6) is 1.08. The number of ketones is 2. The third-order valence-electron chi connectivity index (χ3n) is 4.73. The minimum atomic E-state index is -0.178. The van der Waals surface area contributed by atoms with Crippen molar-refractivity contribution in [3.8, 4) is 0 Å². The number of carbonyl (C=O) groups excluding carboxylic acids is 2. The summed E-state index contributed by atoms with van der Waals surface area (Å²) in [6.07, 6.45) is 0. The fourth-order valence-electron chi connectivity index (χ4n) is 3.60. The summed E-state index contributed by atoms with van der Waals surface area (Å²) in [6, 6.07) is 10.4. The first-order valence-electron chi connectivity index (χ1n) is 7.91. The van der Waals surface area contributed by atoms with Gasteiger partial charge in [0.1, 0.15) is 11.6 Å². The van der Waals surface area contributed by atoms with E-state index in [1.54, 1.807) is 36.4 Å². The monoisotopic (exact) mass is 328 g/mol. The van der Waals surface area contributed by atoms with Crippen molar-refractivity contribution < 1.29 is 9.59 Å². The van der Waals surface area contributed by atoms with E-state index < -0.39 is 0 Å². The predicted molar refractivity (Wildman–Crippen MR) is 91.1 cm³/mol. The SMILES string of the molecule is Cc1nnc2c3ccc4c(c3nc(C)n12)C(=O)c1ccccc1C4=O. The van der Waals surface area contributed by atoms with E-state index >= 15 is 0 Å². The van der Waals surface area contributed by atoms with E-state index in [9.17, 15) is 9.59 Å². The largest absolute Gasteiger partial charge is 0.289 e. The van der Waals surface area contributed by atoms with Crippen LogP contribution in [0, 0.1) is 13.8 Å². The zero-order valence-electron chi connectivity index (χ0n) is 13.6. The molecule has 1 aliphatic rings. The summed E-state index contributed by atoms with van der Waals surface area (Å²) in [4.78, 5) is 30.5. The van der Waals surface area contributed by atoms with Crippen molar-refractivity contribution in [2.75, 3.05) is 0 Å². The second-order valence-corrected chi connectivity index (χ2v) is 6.15. The van der Waals surface area contributed by atoms with Gasteiger partial charge in [-0.2, -0.15) is 0 Å². The molecule has 0 aliphatic heterocycles. The molecular weight excluding hydrogens is 316 g/mol. The standard InChI is InChI=1S/C19H12N4O2/c1-9-20-16-14(19-22-21-10(2)23(9)19)8-7-13-15(16)18(25)12-6-4-3-5-11(12)17(13)24/h3-8H,1-2H3. The van der Waals surface area contributed by atoms with E-state index in [0.717, 1.165) is 5.82 Å². The average Bonchev–Trinajstić information content (AvgIpc) is 3.01. The highest BCUT2D eigenvalue weighted by molar-refractivity contribution is 6.32. The molecule has 5 rings (SSSR count). The summed E-state index contributed by atoms with van der Waals surface area (Å²) in [6.45, 7) is 3.69. The molecule has 0 saturated heterocycles. The Morgan fingerprint density at radius 3 is 2.28 bits per heavy atom. The van der Waals surface area contributed by atoms with Crippen molar-refractivity contribution in [3.63, 3.8) is 0 Å². The molecule has 0 radical (unpaired) electrons. The van der Waals surface area contributed by atoms with Crippen LogP contribution in [0.2, 0.25) is 0 Å². The summed E-state index contributed by atoms with van der Waals surface area (Å²) in [7, 11) is 0. The van der Waals surface area contributed by atoms with Gasteiger partial charge in [-0.25, -0.2) is 4.98 Å². The molecule has 0 spiro atoms. The van der Waals surface area contributed by atoms with E-state index in [1.165, 1.54) is 0 Å². The van der Waals surface area contributed by atoms with E-state index in [2.05, 4.69) is 15.2 Å². The number of fused-ring (bicyclic) bond motifs is 6. The molecule has 0 unspecified atom stereocenters. The van der Waals surface area contributed by atoms with Gasteiger partial charge in [-0.05, 0) is 26.0 Å². The molecule has 0 atom stereocenters. The van der Waals surface area contributed by atoms with Gasteiger partial charge >= 0.3 is 0 Å². The first-order valence-corrected chi connectivity index (χ1v) is 7.91. The van der Waals surface area contributed by atoms with Crippen LogP contribution in [0.15, 0.2) is 36.4 Å². The minimum Gasteiger partial charge on any atom is -0.289 e. The van der Waals surface area contributed by atoms with E-state index in [1.807, 2.05) is 18.2 Å². The van der Waals surface area contributed by atoms with E-state index in [0.29, 0.717) is 44.6 Å². The van der Waals surface area contributed by atoms with Crippen LogP contribution >= 0.6 is 0 Å². The quantitative estimate of drug-likeness (QED) is 0.437. The highest BCUT2D eigenvalue weighted by Gasteiger charge is 2.32. The lowest BCUT2D eigenvalue weighted by molar-refractivity contribution is 0.0980. The Morgan fingerprint density at radius 2 is 1.52 bits per heavy atom. The van der Waals surface area contributed by atoms with Crippen molar-refractivity contribution in [2.45, 2.75) is 13.8 Å². The average molecular weight is 328 g/mol. The summed E-state index contributed by atoms with van der Waals surface area (Å²) in [5, 5.41) is 9.04. The van der Waals surface area contributed by atoms with E-state index in [-0.39, 0.29) is 11.6 Å². The second kappa shape index (κ2) is 4.57. The topological polar surface area (TPSA) is 77.2 Å². The molecule has 0 bridgehead atoms. The number of carbonyl (C=O) groups is 2. The van der Waals surface area contributed by atoms with Crippen LogP contribution in [0.1, 0.15) is 43.5 Å². The predicted octanol–water partition coefficient (Wildman–Crippen LogP) is 2.67. The van der Waals surface area contributed by atoms with Gasteiger partial charge in [0.25, 0.3) is 0 Å². The van der Waals surface area contributed by atoms with Gasteiger partial charge in [0.05, 0.1) is 11.1 Å². The van der Waals surface area contributed by atoms with Crippen molar-refractivity contribution in [3.05, 3.63) is 70.3 Å². The van der Waals surface area contributed by atoms with Gasteiger partial charge in [0, 0.05) is 22.1 Å². The summed E-state index contributed by atoms with van der Waals surface area (Å²) < 4.78 is 1.85. The Balaban J connectivity index is 1.95. The zero-order chi connectivity index (χ0) is 17.3. The van der Waals surface area contributed by atoms with Gasteiger partial charge in [-0.15, -0.1) is 10.2 Å². The molecule has 6 nitrogen and oxygen atoms in total. The van der Waals surface area contributed by atoms with Gasteiger partial charge in [0.15, 0.2) is 17.2 Å². The molecular formula is C19H12N4O2. The van der Waals surface area contributed by atoms with Crippen LogP contribution in [-0.2, 0) is 0 Å². The van der Waals surface area contributed by atoms with Crippen molar-refractivity contribution in [2.24, 2.45) is 0 Å². The second-order valence-electron chi connectivity index (χ2n) is 6.15. The van der Waals surface area contributed by atoms with Crippen LogP contribution in [0.5, 0.6) is 0 Å². The maximum Gasteiger partial charge on any atom is 0.196 e. The number of hydrogen-bond donors (Lipinski definition) is 0. The summed E-state index contributed by atoms with van der Waals surface area (Å²) >= 11 is 0. The lowest BCUT2D eigenvalue weighted by Gasteiger charge is -2.19. The maximum absolute atomic E-state index is 13.1. The molecule has 4 aromatic rings. The Morgan fingerprint density at radius 1 is 0.800 bits per heavy atom. The Labute approximate surface area is 142 Å². The number of benzene rings is 2. The molecule has 0 amide bonds. The highest BCUT2D eigenvalue weighted by atomic mass is 16.1. The zero-order valence-corrected chi connectivity index (χ0v) is 13.6. The molecule has 2 aromatic carbocycles. The molecule has 120 valence electrons. The lowest BCUT2D eigenvalue weighted by Crippen LogP contribution is -2.21. The van der Waals surface area contributed by atoms with Crippen LogP contribution in [0.25, 0.3) is 16.6 Å². The van der Waals surface area contributed by atoms with Gasteiger partial charge in [0.2, 0.25) is 0 Å². The summed E-state index contributed by atoms with van der Waals surface area (Å²) in [5.41, 5.74) is 2.75. The Kier molecular flexibility index (Phi) is 2.55. The highest BCUT2D eigenvalue weighted by Crippen LogP contribution is 2.33. The Hall–Kier alpha value is -3.41. The number of aryl methyl sites for hydroxylation is 2. The number of aromatic nitrogens is 4. The fourth-order valence-corrected chi connectivity index (χ4v) is 3.60. The lowest BCUT2D eigenvalue weighted by atomic mass is 9.83. The number of hydrogen-bond acceptors (Lipinski definition) is 5. The molecule has 1 aliphatic carbocycles. The maximum atomic E-state index is 13.1. The van der Waals surface area contributed by atoms with Crippen LogP contribution in [-0.4, -0.2) is 31.1 Å². The van der Waals surface area contributed by atoms with E-state index in [4.69, 9.17) is 0 Å². The molecule has 0 saturated carbocycles. The van der Waals surface area contributed by atoms with Crippen LogP contribution in [0.4, 0.5) is 0 Å². The fraction of sp³-hybridized carbons (Fsp3) is 0.105. The number of rotatable bonds is 0. The van der Waals surface area contributed by atoms with Crippen LogP contribution < -0.4 is 0 Å². The smallest absolute Gasteiger partial charge is 0.196 e. The molecule has 0 N–H and O–H groups in total. The van der Waals surface area contributed by atoms with Crippen molar-refractivity contribution >= 4 is 28.1 Å². The molecule has 0 fully saturated rings. The first-order chi connectivity index (χ1) is 12.1. The number of nitrogens with zero attached hydrogens (tertiary/aromatic N) is 4. The van der Waals surface area contributed by atoms with Gasteiger partial charge < -0.3 is 0 Å². The van der Waals surface area contributed by atoms with Crippen molar-refractivity contribution in [1.29, 1.82) is 0 Å². The normalized spacial score (nSPS) is 13.4. The third kappa shape index (κ3) is 1.65. The van der Waals surface area contributed by atoms with Crippen LogP contribution in [0.3, 0.4) is 0 Å². The molecule has 2 heterocycles. The Bertz CT molecular complexity index is 1250. The van der Waals surface area contributed by atoms with Crippen molar-refractivity contribution in [1.82, 2.24) is 19.6 Å².